The SMILES string of the molecule is CCC1CCCC(c2nc(C)cc(N)n2)C1. The Balaban J connectivity index is 2.16. The maximum absolute atomic E-state index is 5.78. The molecule has 0 bridgehead atoms. The van der Waals surface area contributed by atoms with E-state index in [1.165, 1.54) is 32.1 Å². The van der Waals surface area contributed by atoms with E-state index in [0.29, 0.717) is 11.7 Å². The normalized spacial score (nSPS) is 25.6. The van der Waals surface area contributed by atoms with Crippen molar-refractivity contribution in [1.29, 1.82) is 0 Å². The van der Waals surface area contributed by atoms with Crippen LogP contribution in [0.4, 0.5) is 5.82 Å². The summed E-state index contributed by atoms with van der Waals surface area (Å²) in [6.07, 6.45) is 6.41. The number of nitrogens with zero attached hydrogens (tertiary/aromatic N) is 2. The Morgan fingerprint density at radius 3 is 2.88 bits per heavy atom. The van der Waals surface area contributed by atoms with Gasteiger partial charge in [-0.15, -0.1) is 0 Å². The molecule has 1 aliphatic carbocycles. The molecule has 2 unspecified atom stereocenters. The van der Waals surface area contributed by atoms with E-state index in [1.807, 2.05) is 13.0 Å². The van der Waals surface area contributed by atoms with Gasteiger partial charge in [0.1, 0.15) is 11.6 Å². The molecule has 3 nitrogen and oxygen atoms in total. The Bertz CT molecular complexity index is 342. The number of aryl methyl sites for hydroxylation is 1. The average Bonchev–Trinajstić information content (AvgIpc) is 2.28. The summed E-state index contributed by atoms with van der Waals surface area (Å²) in [5.41, 5.74) is 6.77. The highest BCUT2D eigenvalue weighted by Gasteiger charge is 2.24. The van der Waals surface area contributed by atoms with Gasteiger partial charge in [-0.1, -0.05) is 26.2 Å². The molecule has 0 spiro atoms. The van der Waals surface area contributed by atoms with Gasteiger partial charge in [0.25, 0.3) is 0 Å². The second kappa shape index (κ2) is 4.81. The van der Waals surface area contributed by atoms with Crippen molar-refractivity contribution in [1.82, 2.24) is 9.97 Å². The largest absolute Gasteiger partial charge is 0.384 e. The highest BCUT2D eigenvalue weighted by Crippen LogP contribution is 2.36. The molecule has 0 amide bonds. The molecule has 1 aromatic heterocycles. The summed E-state index contributed by atoms with van der Waals surface area (Å²) < 4.78 is 0. The summed E-state index contributed by atoms with van der Waals surface area (Å²) in [7, 11) is 0. The lowest BCUT2D eigenvalue weighted by Crippen LogP contribution is -2.16. The monoisotopic (exact) mass is 219 g/mol. The molecular weight excluding hydrogens is 198 g/mol. The van der Waals surface area contributed by atoms with E-state index in [1.54, 1.807) is 0 Å². The van der Waals surface area contributed by atoms with Crippen molar-refractivity contribution >= 4 is 5.82 Å². The Kier molecular flexibility index (Phi) is 3.42. The first-order valence-corrected chi connectivity index (χ1v) is 6.30. The van der Waals surface area contributed by atoms with Crippen LogP contribution in [0.3, 0.4) is 0 Å². The highest BCUT2D eigenvalue weighted by molar-refractivity contribution is 5.30. The van der Waals surface area contributed by atoms with Crippen molar-refractivity contribution in [2.45, 2.75) is 51.9 Å². The van der Waals surface area contributed by atoms with Gasteiger partial charge in [-0.05, 0) is 25.7 Å². The maximum Gasteiger partial charge on any atom is 0.134 e. The molecule has 88 valence electrons. The molecule has 1 heterocycles. The van der Waals surface area contributed by atoms with E-state index >= 15 is 0 Å². The van der Waals surface area contributed by atoms with Crippen molar-refractivity contribution in [3.63, 3.8) is 0 Å². The molecule has 0 aromatic carbocycles. The zero-order valence-corrected chi connectivity index (χ0v) is 10.2. The number of rotatable bonds is 2. The van der Waals surface area contributed by atoms with Gasteiger partial charge in [0.2, 0.25) is 0 Å². The standard InChI is InChI=1S/C13H21N3/c1-3-10-5-4-6-11(8-10)13-15-9(2)7-12(14)16-13/h7,10-11H,3-6,8H2,1-2H3,(H2,14,15,16). The summed E-state index contributed by atoms with van der Waals surface area (Å²) in [4.78, 5) is 8.93. The molecule has 0 saturated heterocycles. The minimum Gasteiger partial charge on any atom is -0.384 e. The number of nitrogens with two attached hydrogens (primary N) is 1. The van der Waals surface area contributed by atoms with E-state index in [0.717, 1.165) is 17.4 Å². The Hall–Kier alpha value is -1.12. The molecule has 0 radical (unpaired) electrons. The predicted molar refractivity (Wildman–Crippen MR) is 66.2 cm³/mol. The zero-order chi connectivity index (χ0) is 11.5. The molecule has 3 heteroatoms. The van der Waals surface area contributed by atoms with Gasteiger partial charge in [-0.25, -0.2) is 9.97 Å². The topological polar surface area (TPSA) is 51.8 Å². The van der Waals surface area contributed by atoms with E-state index in [2.05, 4.69) is 16.9 Å². The fourth-order valence-electron chi connectivity index (χ4n) is 2.70. The van der Waals surface area contributed by atoms with Gasteiger partial charge in [-0.3, -0.25) is 0 Å². The molecule has 0 aliphatic heterocycles. The summed E-state index contributed by atoms with van der Waals surface area (Å²) in [5, 5.41) is 0. The van der Waals surface area contributed by atoms with Crippen molar-refractivity contribution in [3.8, 4) is 0 Å². The minimum absolute atomic E-state index is 0.529. The molecule has 1 saturated carbocycles. The number of nitrogen functional groups attached to an aromatic ring is 1. The van der Waals surface area contributed by atoms with Gasteiger partial charge in [0.15, 0.2) is 0 Å². The molecule has 2 atom stereocenters. The molecule has 1 aliphatic rings. The van der Waals surface area contributed by atoms with Crippen molar-refractivity contribution < 1.29 is 0 Å². The second-order valence-electron chi connectivity index (χ2n) is 4.93. The van der Waals surface area contributed by atoms with Crippen LogP contribution in [0.5, 0.6) is 0 Å². The van der Waals surface area contributed by atoms with Gasteiger partial charge in [-0.2, -0.15) is 0 Å². The van der Waals surface area contributed by atoms with Crippen LogP contribution in [0.1, 0.15) is 56.5 Å². The lowest BCUT2D eigenvalue weighted by atomic mass is 9.80. The van der Waals surface area contributed by atoms with Crippen molar-refractivity contribution in [2.75, 3.05) is 5.73 Å². The third-order valence-electron chi connectivity index (χ3n) is 3.62. The number of aromatic nitrogens is 2. The van der Waals surface area contributed by atoms with E-state index in [-0.39, 0.29) is 0 Å². The van der Waals surface area contributed by atoms with Gasteiger partial charge in [0, 0.05) is 17.7 Å². The zero-order valence-electron chi connectivity index (χ0n) is 10.2. The summed E-state index contributed by atoms with van der Waals surface area (Å²) in [6.45, 7) is 4.26. The molecular formula is C13H21N3. The lowest BCUT2D eigenvalue weighted by Gasteiger charge is -2.27. The van der Waals surface area contributed by atoms with E-state index in [9.17, 15) is 0 Å². The number of anilines is 1. The predicted octanol–water partition coefficient (Wildman–Crippen LogP) is 3.05. The first kappa shape index (κ1) is 11.4. The Morgan fingerprint density at radius 2 is 2.19 bits per heavy atom. The highest BCUT2D eigenvalue weighted by atomic mass is 14.9. The van der Waals surface area contributed by atoms with Crippen LogP contribution in [0.15, 0.2) is 6.07 Å². The Labute approximate surface area is 97.5 Å². The van der Waals surface area contributed by atoms with Crippen molar-refractivity contribution in [3.05, 3.63) is 17.6 Å². The maximum atomic E-state index is 5.78. The minimum atomic E-state index is 0.529. The third kappa shape index (κ3) is 2.52. The first-order valence-electron chi connectivity index (χ1n) is 6.30. The fraction of sp³-hybridized carbons (Fsp3) is 0.692. The average molecular weight is 219 g/mol. The van der Waals surface area contributed by atoms with Crippen LogP contribution in [-0.2, 0) is 0 Å². The van der Waals surface area contributed by atoms with E-state index in [4.69, 9.17) is 5.73 Å². The molecule has 2 rings (SSSR count). The van der Waals surface area contributed by atoms with Crippen LogP contribution >= 0.6 is 0 Å². The van der Waals surface area contributed by atoms with Crippen LogP contribution < -0.4 is 5.73 Å². The quantitative estimate of drug-likeness (QED) is 0.831. The lowest BCUT2D eigenvalue weighted by molar-refractivity contribution is 0.307. The van der Waals surface area contributed by atoms with Crippen LogP contribution in [0, 0.1) is 12.8 Å². The summed E-state index contributed by atoms with van der Waals surface area (Å²) in [5.74, 6) is 2.96. The number of hydrogen-bond donors (Lipinski definition) is 1. The summed E-state index contributed by atoms with van der Waals surface area (Å²) >= 11 is 0. The molecule has 1 fully saturated rings. The molecule has 2 N–H and O–H groups in total. The smallest absolute Gasteiger partial charge is 0.134 e. The molecule has 1 aromatic rings. The van der Waals surface area contributed by atoms with Crippen LogP contribution in [-0.4, -0.2) is 9.97 Å². The van der Waals surface area contributed by atoms with Crippen LogP contribution in [0.25, 0.3) is 0 Å². The molecule has 16 heavy (non-hydrogen) atoms. The second-order valence-corrected chi connectivity index (χ2v) is 4.93. The van der Waals surface area contributed by atoms with Gasteiger partial charge < -0.3 is 5.73 Å². The number of hydrogen-bond acceptors (Lipinski definition) is 3. The van der Waals surface area contributed by atoms with Crippen molar-refractivity contribution in [2.24, 2.45) is 5.92 Å². The Morgan fingerprint density at radius 1 is 1.38 bits per heavy atom. The van der Waals surface area contributed by atoms with Gasteiger partial charge in [0.05, 0.1) is 0 Å². The van der Waals surface area contributed by atoms with E-state index < -0.39 is 0 Å². The van der Waals surface area contributed by atoms with Crippen LogP contribution in [0.2, 0.25) is 0 Å². The van der Waals surface area contributed by atoms with Gasteiger partial charge >= 0.3 is 0 Å². The third-order valence-corrected chi connectivity index (χ3v) is 3.62. The first-order chi connectivity index (χ1) is 7.69. The fourth-order valence-corrected chi connectivity index (χ4v) is 2.70. The summed E-state index contributed by atoms with van der Waals surface area (Å²) in [6, 6.07) is 1.84.